The van der Waals surface area contributed by atoms with Gasteiger partial charge in [-0.05, 0) is 89.7 Å². The van der Waals surface area contributed by atoms with Crippen LogP contribution >= 0.6 is 0 Å². The molecular weight excluding hydrogens is 530 g/mol. The minimum absolute atomic E-state index is 0.0152. The van der Waals surface area contributed by atoms with E-state index in [0.29, 0.717) is 23.6 Å². The lowest BCUT2D eigenvalue weighted by molar-refractivity contribution is -0.160. The SMILES string of the molecule is CC(C)(C)OC(=O)CON=C(C#N)c1nc2ccccc2n([C@H]2C[C@H]3CCC[C@@H](C2)N3C2CC3CCCC(C3)C2)c1=O. The summed E-state index contributed by atoms with van der Waals surface area (Å²) in [5.41, 5.74) is 0.123. The molecule has 2 aliphatic heterocycles. The summed E-state index contributed by atoms with van der Waals surface area (Å²) in [7, 11) is 0. The number of hydrogen-bond donors (Lipinski definition) is 0. The van der Waals surface area contributed by atoms with Gasteiger partial charge in [-0.15, -0.1) is 0 Å². The predicted molar refractivity (Wildman–Crippen MR) is 160 cm³/mol. The smallest absolute Gasteiger partial charge is 0.347 e. The molecule has 2 aromatic rings. The zero-order valence-corrected chi connectivity index (χ0v) is 25.1. The summed E-state index contributed by atoms with van der Waals surface area (Å²) in [6.45, 7) is 4.81. The van der Waals surface area contributed by atoms with Crippen LogP contribution in [0, 0.1) is 23.2 Å². The van der Waals surface area contributed by atoms with Crippen LogP contribution in [0.25, 0.3) is 11.0 Å². The maximum Gasteiger partial charge on any atom is 0.347 e. The van der Waals surface area contributed by atoms with Gasteiger partial charge in [0, 0.05) is 24.2 Å². The van der Waals surface area contributed by atoms with Gasteiger partial charge in [-0.1, -0.05) is 43.0 Å². The zero-order chi connectivity index (χ0) is 29.4. The van der Waals surface area contributed by atoms with Crippen LogP contribution in [0.4, 0.5) is 0 Å². The molecule has 4 bridgehead atoms. The van der Waals surface area contributed by atoms with Crippen molar-refractivity contribution in [2.45, 2.75) is 121 Å². The summed E-state index contributed by atoms with van der Waals surface area (Å²) in [5.74, 6) is 1.17. The molecule has 1 aromatic carbocycles. The Bertz CT molecular complexity index is 1430. The van der Waals surface area contributed by atoms with E-state index in [1.807, 2.05) is 34.9 Å². The van der Waals surface area contributed by atoms with Crippen LogP contribution in [0.5, 0.6) is 0 Å². The molecule has 6 rings (SSSR count). The molecule has 1 aromatic heterocycles. The largest absolute Gasteiger partial charge is 0.457 e. The van der Waals surface area contributed by atoms with Gasteiger partial charge in [0.25, 0.3) is 5.56 Å². The Hall–Kier alpha value is -3.25. The van der Waals surface area contributed by atoms with E-state index in [1.54, 1.807) is 20.8 Å². The molecule has 0 amide bonds. The number of carbonyl (C=O) groups excluding carboxylic acids is 1. The first-order chi connectivity index (χ1) is 20.2. The minimum Gasteiger partial charge on any atom is -0.457 e. The Morgan fingerprint density at radius 1 is 0.976 bits per heavy atom. The van der Waals surface area contributed by atoms with Gasteiger partial charge in [0.05, 0.1) is 11.0 Å². The molecule has 0 N–H and O–H groups in total. The Labute approximate surface area is 247 Å². The number of esters is 1. The van der Waals surface area contributed by atoms with Crippen molar-refractivity contribution in [3.05, 3.63) is 40.3 Å². The van der Waals surface area contributed by atoms with Crippen LogP contribution in [-0.4, -0.2) is 56.5 Å². The van der Waals surface area contributed by atoms with Gasteiger partial charge in [0.15, 0.2) is 5.69 Å². The fourth-order valence-electron chi connectivity index (χ4n) is 8.44. The van der Waals surface area contributed by atoms with Crippen LogP contribution < -0.4 is 5.56 Å². The zero-order valence-electron chi connectivity index (χ0n) is 25.1. The number of fused-ring (bicyclic) bond motifs is 5. The molecule has 2 saturated carbocycles. The number of nitrogens with zero attached hydrogens (tertiary/aromatic N) is 5. The Balaban J connectivity index is 1.28. The Morgan fingerprint density at radius 3 is 2.31 bits per heavy atom. The predicted octanol–water partition coefficient (Wildman–Crippen LogP) is 5.51. The summed E-state index contributed by atoms with van der Waals surface area (Å²) in [4.78, 5) is 38.8. The summed E-state index contributed by atoms with van der Waals surface area (Å²) in [5, 5.41) is 13.8. The van der Waals surface area contributed by atoms with Gasteiger partial charge in [-0.2, -0.15) is 5.26 Å². The lowest BCUT2D eigenvalue weighted by Gasteiger charge is -2.55. The van der Waals surface area contributed by atoms with Gasteiger partial charge < -0.3 is 14.1 Å². The average molecular weight is 574 g/mol. The van der Waals surface area contributed by atoms with Crippen molar-refractivity contribution in [3.8, 4) is 6.07 Å². The number of aromatic nitrogens is 2. The highest BCUT2D eigenvalue weighted by molar-refractivity contribution is 6.10. The monoisotopic (exact) mass is 573 g/mol. The van der Waals surface area contributed by atoms with Gasteiger partial charge >= 0.3 is 5.97 Å². The highest BCUT2D eigenvalue weighted by Gasteiger charge is 2.45. The van der Waals surface area contributed by atoms with Crippen molar-refractivity contribution in [2.75, 3.05) is 6.61 Å². The topological polar surface area (TPSA) is 110 Å². The number of benzene rings is 1. The molecule has 4 fully saturated rings. The van der Waals surface area contributed by atoms with Gasteiger partial charge in [0.2, 0.25) is 12.3 Å². The van der Waals surface area contributed by atoms with E-state index in [1.165, 1.54) is 57.8 Å². The molecule has 42 heavy (non-hydrogen) atoms. The van der Waals surface area contributed by atoms with E-state index in [-0.39, 0.29) is 23.0 Å². The van der Waals surface area contributed by atoms with Gasteiger partial charge in [-0.3, -0.25) is 9.69 Å². The second-order valence-electron chi connectivity index (χ2n) is 13.9. The van der Waals surface area contributed by atoms with E-state index in [0.717, 1.165) is 30.2 Å². The van der Waals surface area contributed by atoms with E-state index in [4.69, 9.17) is 9.57 Å². The van der Waals surface area contributed by atoms with Crippen molar-refractivity contribution in [1.29, 1.82) is 5.26 Å². The number of ether oxygens (including phenoxy) is 1. The van der Waals surface area contributed by atoms with Crippen molar-refractivity contribution >= 4 is 22.7 Å². The molecule has 3 heterocycles. The van der Waals surface area contributed by atoms with Gasteiger partial charge in [-0.25, -0.2) is 9.78 Å². The van der Waals surface area contributed by atoms with Crippen LogP contribution in [0.15, 0.2) is 34.2 Å². The molecule has 2 aliphatic carbocycles. The Kier molecular flexibility index (Phi) is 8.10. The standard InChI is InChI=1S/C33H43N5O4/c1-33(2,3)42-30(39)20-41-36-28(19-34)31-32(40)38(29-13-5-4-12-27(29)35-31)26-17-23-10-7-11-24(18-26)37(23)25-15-21-8-6-9-22(14-21)16-25/h4-5,12-13,21-26H,6-11,14-18,20H2,1-3H3/t21?,22?,23-,24+,25?,26+. The number of carbonyl (C=O) groups is 1. The lowest BCUT2D eigenvalue weighted by atomic mass is 9.68. The third-order valence-corrected chi connectivity index (χ3v) is 9.78. The van der Waals surface area contributed by atoms with Gasteiger partial charge in [0.1, 0.15) is 11.7 Å². The van der Waals surface area contributed by atoms with Crippen LogP contribution in [0.2, 0.25) is 0 Å². The molecule has 4 aliphatic rings. The first kappa shape index (κ1) is 28.9. The van der Waals surface area contributed by atoms with E-state index >= 15 is 0 Å². The molecule has 0 spiro atoms. The molecular formula is C33H43N5O4. The summed E-state index contributed by atoms with van der Waals surface area (Å²) < 4.78 is 7.12. The molecule has 5 atom stereocenters. The fourth-order valence-corrected chi connectivity index (χ4v) is 8.44. The van der Waals surface area contributed by atoms with E-state index < -0.39 is 18.2 Å². The first-order valence-electron chi connectivity index (χ1n) is 15.8. The van der Waals surface area contributed by atoms with Crippen LogP contribution in [0.1, 0.15) is 103 Å². The number of oxime groups is 1. The molecule has 224 valence electrons. The summed E-state index contributed by atoms with van der Waals surface area (Å²) in [6.07, 6.45) is 13.7. The third kappa shape index (κ3) is 5.96. The molecule has 2 unspecified atom stereocenters. The third-order valence-electron chi connectivity index (χ3n) is 9.78. The number of hydrogen-bond acceptors (Lipinski definition) is 8. The molecule has 9 heteroatoms. The average Bonchev–Trinajstić information content (AvgIpc) is 2.93. The number of para-hydroxylation sites is 2. The number of rotatable bonds is 6. The highest BCUT2D eigenvalue weighted by atomic mass is 16.7. The maximum absolute atomic E-state index is 14.1. The van der Waals surface area contributed by atoms with Crippen molar-refractivity contribution in [1.82, 2.24) is 14.5 Å². The molecule has 2 saturated heterocycles. The first-order valence-corrected chi connectivity index (χ1v) is 15.8. The lowest BCUT2D eigenvalue weighted by Crippen LogP contribution is -2.58. The number of nitriles is 1. The fraction of sp³-hybridized carbons (Fsp3) is 0.667. The summed E-state index contributed by atoms with van der Waals surface area (Å²) in [6, 6.07) is 11.2. The van der Waals surface area contributed by atoms with E-state index in [9.17, 15) is 14.9 Å². The van der Waals surface area contributed by atoms with E-state index in [2.05, 4.69) is 15.0 Å². The molecule has 0 radical (unpaired) electrons. The van der Waals surface area contributed by atoms with Crippen molar-refractivity contribution in [3.63, 3.8) is 0 Å². The second kappa shape index (κ2) is 11.8. The Morgan fingerprint density at radius 2 is 1.64 bits per heavy atom. The van der Waals surface area contributed by atoms with Crippen molar-refractivity contribution in [2.24, 2.45) is 17.0 Å². The van der Waals surface area contributed by atoms with Crippen LogP contribution in [0.3, 0.4) is 0 Å². The van der Waals surface area contributed by atoms with Crippen LogP contribution in [-0.2, 0) is 14.4 Å². The van der Waals surface area contributed by atoms with Crippen molar-refractivity contribution < 1.29 is 14.4 Å². The number of piperidine rings is 2. The second-order valence-corrected chi connectivity index (χ2v) is 13.9. The molecule has 9 nitrogen and oxygen atoms in total. The normalized spacial score (nSPS) is 30.0. The highest BCUT2D eigenvalue weighted by Crippen LogP contribution is 2.47. The minimum atomic E-state index is -0.667. The summed E-state index contributed by atoms with van der Waals surface area (Å²) >= 11 is 0. The quantitative estimate of drug-likeness (QED) is 0.255. The maximum atomic E-state index is 14.1.